The number of benzene rings is 2. The van der Waals surface area contributed by atoms with Crippen molar-refractivity contribution >= 4 is 32.5 Å². The molecule has 0 spiro atoms. The molecule has 3 aromatic rings. The summed E-state index contributed by atoms with van der Waals surface area (Å²) >= 11 is 6.09. The van der Waals surface area contributed by atoms with E-state index in [0.29, 0.717) is 25.3 Å². The van der Waals surface area contributed by atoms with Gasteiger partial charge in [-0.1, -0.05) is 29.8 Å². The lowest BCUT2D eigenvalue weighted by molar-refractivity contribution is 0.388. The number of fused-ring (bicyclic) bond motifs is 3. The average molecular weight is 377 g/mol. The van der Waals surface area contributed by atoms with Gasteiger partial charge in [-0.15, -0.1) is 0 Å². The number of methoxy groups -OCH3 is 1. The summed E-state index contributed by atoms with van der Waals surface area (Å²) in [5.41, 5.74) is 3.20. The van der Waals surface area contributed by atoms with Crippen molar-refractivity contribution in [3.8, 4) is 5.75 Å². The maximum Gasteiger partial charge on any atom is 0.243 e. The maximum atomic E-state index is 13.0. The van der Waals surface area contributed by atoms with Crippen LogP contribution in [0.4, 0.5) is 0 Å². The monoisotopic (exact) mass is 376 g/mol. The highest BCUT2D eigenvalue weighted by atomic mass is 35.5. The van der Waals surface area contributed by atoms with Gasteiger partial charge >= 0.3 is 0 Å². The molecule has 1 N–H and O–H groups in total. The summed E-state index contributed by atoms with van der Waals surface area (Å²) in [6.07, 6.45) is 0.683. The van der Waals surface area contributed by atoms with Gasteiger partial charge in [0.15, 0.2) is 0 Å². The van der Waals surface area contributed by atoms with Gasteiger partial charge in [-0.2, -0.15) is 4.31 Å². The van der Waals surface area contributed by atoms with Crippen LogP contribution in [-0.4, -0.2) is 31.4 Å². The van der Waals surface area contributed by atoms with E-state index in [1.54, 1.807) is 6.07 Å². The van der Waals surface area contributed by atoms with Crippen LogP contribution >= 0.6 is 11.6 Å². The number of nitrogens with one attached hydrogen (secondary N) is 1. The Morgan fingerprint density at radius 2 is 2.00 bits per heavy atom. The van der Waals surface area contributed by atoms with Crippen molar-refractivity contribution in [3.05, 3.63) is 58.7 Å². The first-order chi connectivity index (χ1) is 12.0. The molecule has 25 heavy (non-hydrogen) atoms. The minimum Gasteiger partial charge on any atom is -0.495 e. The molecule has 0 bridgehead atoms. The van der Waals surface area contributed by atoms with Crippen LogP contribution < -0.4 is 4.74 Å². The molecule has 130 valence electrons. The van der Waals surface area contributed by atoms with Crippen molar-refractivity contribution in [1.29, 1.82) is 0 Å². The molecule has 2 aromatic carbocycles. The Morgan fingerprint density at radius 3 is 2.76 bits per heavy atom. The Morgan fingerprint density at radius 1 is 1.20 bits per heavy atom. The molecule has 1 aliphatic rings. The Kier molecular flexibility index (Phi) is 3.98. The predicted octanol–water partition coefficient (Wildman–Crippen LogP) is 3.58. The number of rotatable bonds is 3. The van der Waals surface area contributed by atoms with Crippen molar-refractivity contribution in [2.75, 3.05) is 13.7 Å². The summed E-state index contributed by atoms with van der Waals surface area (Å²) < 4.78 is 32.5. The molecule has 1 aliphatic heterocycles. The molecule has 7 heteroatoms. The molecule has 4 rings (SSSR count). The highest BCUT2D eigenvalue weighted by Crippen LogP contribution is 2.32. The van der Waals surface area contributed by atoms with E-state index in [-0.39, 0.29) is 9.92 Å². The first-order valence-corrected chi connectivity index (χ1v) is 9.74. The standard InChI is InChI=1S/C18H17ClN2O3S/c1-24-18-7-6-12(10-15(18)19)25(22,23)21-9-8-14-13-4-2-3-5-16(13)20-17(14)11-21/h2-7,10,20H,8-9,11H2,1H3. The predicted molar refractivity (Wildman–Crippen MR) is 97.6 cm³/mol. The highest BCUT2D eigenvalue weighted by molar-refractivity contribution is 7.89. The summed E-state index contributed by atoms with van der Waals surface area (Å²) in [5, 5.41) is 1.45. The van der Waals surface area contributed by atoms with Crippen LogP contribution in [0, 0.1) is 0 Å². The van der Waals surface area contributed by atoms with E-state index in [1.165, 1.54) is 34.5 Å². The summed E-state index contributed by atoms with van der Waals surface area (Å²) in [6, 6.07) is 12.6. The van der Waals surface area contributed by atoms with Gasteiger partial charge in [-0.3, -0.25) is 0 Å². The number of hydrogen-bond acceptors (Lipinski definition) is 3. The largest absolute Gasteiger partial charge is 0.495 e. The van der Waals surface area contributed by atoms with Gasteiger partial charge in [-0.25, -0.2) is 8.42 Å². The van der Waals surface area contributed by atoms with E-state index in [1.807, 2.05) is 18.2 Å². The molecule has 0 unspecified atom stereocenters. The third kappa shape index (κ3) is 2.70. The number of nitrogens with zero attached hydrogens (tertiary/aromatic N) is 1. The molecule has 0 aliphatic carbocycles. The van der Waals surface area contributed by atoms with Gasteiger partial charge in [0.1, 0.15) is 5.75 Å². The molecule has 1 aromatic heterocycles. The summed E-state index contributed by atoms with van der Waals surface area (Å²) in [6.45, 7) is 0.775. The van der Waals surface area contributed by atoms with Crippen molar-refractivity contribution in [3.63, 3.8) is 0 Å². The van der Waals surface area contributed by atoms with Gasteiger partial charge in [0.25, 0.3) is 0 Å². The second-order valence-corrected chi connectivity index (χ2v) is 8.36. The first kappa shape index (κ1) is 16.4. The van der Waals surface area contributed by atoms with Crippen molar-refractivity contribution in [1.82, 2.24) is 9.29 Å². The zero-order chi connectivity index (χ0) is 17.6. The van der Waals surface area contributed by atoms with E-state index < -0.39 is 10.0 Å². The fraction of sp³-hybridized carbons (Fsp3) is 0.222. The molecule has 0 amide bonds. The number of para-hydroxylation sites is 1. The molecular weight excluding hydrogens is 360 g/mol. The van der Waals surface area contributed by atoms with Crippen LogP contribution in [0.3, 0.4) is 0 Å². The maximum absolute atomic E-state index is 13.0. The Labute approximate surface area is 151 Å². The van der Waals surface area contributed by atoms with E-state index in [4.69, 9.17) is 16.3 Å². The fourth-order valence-electron chi connectivity index (χ4n) is 3.33. The van der Waals surface area contributed by atoms with Crippen LogP contribution in [0.2, 0.25) is 5.02 Å². The number of H-pyrrole nitrogens is 1. The van der Waals surface area contributed by atoms with Gasteiger partial charge < -0.3 is 9.72 Å². The molecule has 5 nitrogen and oxygen atoms in total. The molecule has 2 heterocycles. The van der Waals surface area contributed by atoms with Crippen molar-refractivity contribution in [2.45, 2.75) is 17.9 Å². The van der Waals surface area contributed by atoms with E-state index in [9.17, 15) is 8.42 Å². The number of hydrogen-bond donors (Lipinski definition) is 1. The quantitative estimate of drug-likeness (QED) is 0.760. The number of aromatic amines is 1. The Bertz CT molecular complexity index is 1060. The van der Waals surface area contributed by atoms with Gasteiger partial charge in [0, 0.05) is 23.1 Å². The van der Waals surface area contributed by atoms with Crippen LogP contribution in [0.25, 0.3) is 10.9 Å². The van der Waals surface area contributed by atoms with Crippen LogP contribution in [0.5, 0.6) is 5.75 Å². The highest BCUT2D eigenvalue weighted by Gasteiger charge is 2.30. The molecule has 0 atom stereocenters. The number of aromatic nitrogens is 1. The minimum atomic E-state index is -3.62. The van der Waals surface area contributed by atoms with Crippen LogP contribution in [0.15, 0.2) is 47.4 Å². The SMILES string of the molecule is COc1ccc(S(=O)(=O)N2CCc3c([nH]c4ccccc34)C2)cc1Cl. The van der Waals surface area contributed by atoms with Gasteiger partial charge in [0.05, 0.1) is 23.6 Å². The molecular formula is C18H17ClN2O3S. The zero-order valence-electron chi connectivity index (χ0n) is 13.6. The van der Waals surface area contributed by atoms with Crippen molar-refractivity contribution < 1.29 is 13.2 Å². The number of halogens is 1. The summed E-state index contributed by atoms with van der Waals surface area (Å²) in [5.74, 6) is 0.456. The number of ether oxygens (including phenoxy) is 1. The van der Waals surface area contributed by atoms with Crippen LogP contribution in [0.1, 0.15) is 11.3 Å². The lowest BCUT2D eigenvalue weighted by Crippen LogP contribution is -2.35. The zero-order valence-corrected chi connectivity index (χ0v) is 15.2. The van der Waals surface area contributed by atoms with E-state index in [2.05, 4.69) is 11.1 Å². The second kappa shape index (κ2) is 6.05. The molecule has 0 saturated carbocycles. The molecule has 0 radical (unpaired) electrons. The van der Waals surface area contributed by atoms with Gasteiger partial charge in [0.2, 0.25) is 10.0 Å². The smallest absolute Gasteiger partial charge is 0.243 e. The lowest BCUT2D eigenvalue weighted by atomic mass is 10.1. The Balaban J connectivity index is 1.69. The average Bonchev–Trinajstić information content (AvgIpc) is 2.99. The minimum absolute atomic E-state index is 0.179. The normalized spacial score (nSPS) is 15.3. The fourth-order valence-corrected chi connectivity index (χ4v) is 5.09. The molecule has 0 saturated heterocycles. The topological polar surface area (TPSA) is 62.4 Å². The summed E-state index contributed by atoms with van der Waals surface area (Å²) in [4.78, 5) is 3.53. The Hall–Kier alpha value is -2.02. The third-order valence-electron chi connectivity index (χ3n) is 4.61. The van der Waals surface area contributed by atoms with E-state index >= 15 is 0 Å². The van der Waals surface area contributed by atoms with Crippen LogP contribution in [-0.2, 0) is 23.0 Å². The third-order valence-corrected chi connectivity index (χ3v) is 6.75. The lowest BCUT2D eigenvalue weighted by Gasteiger charge is -2.26. The molecule has 0 fully saturated rings. The summed E-state index contributed by atoms with van der Waals surface area (Å²) in [7, 11) is -2.12. The number of sulfonamides is 1. The van der Waals surface area contributed by atoms with Gasteiger partial charge in [-0.05, 0) is 36.2 Å². The van der Waals surface area contributed by atoms with E-state index in [0.717, 1.165) is 11.2 Å². The van der Waals surface area contributed by atoms with Crippen molar-refractivity contribution in [2.24, 2.45) is 0 Å². The second-order valence-electron chi connectivity index (χ2n) is 6.01. The first-order valence-electron chi connectivity index (χ1n) is 7.93.